The van der Waals surface area contributed by atoms with E-state index in [-0.39, 0.29) is 6.04 Å². The van der Waals surface area contributed by atoms with Gasteiger partial charge in [0.05, 0.1) is 0 Å². The highest BCUT2D eigenvalue weighted by Crippen LogP contribution is 2.17. The average molecular weight is 192 g/mol. The Labute approximate surface area is 84.5 Å². The van der Waals surface area contributed by atoms with Gasteiger partial charge < -0.3 is 5.73 Å². The van der Waals surface area contributed by atoms with Crippen molar-refractivity contribution in [3.8, 4) is 0 Å². The molecule has 1 aromatic rings. The first-order valence-electron chi connectivity index (χ1n) is 4.67. The van der Waals surface area contributed by atoms with Crippen LogP contribution in [0.2, 0.25) is 0 Å². The normalized spacial score (nSPS) is 10.3. The Kier molecular flexibility index (Phi) is 3.12. The number of benzene rings is 1. The molecular formula is C11H16N2O. The second-order valence-electron chi connectivity index (χ2n) is 3.64. The minimum atomic E-state index is -0.411. The van der Waals surface area contributed by atoms with E-state index in [1.165, 1.54) is 0 Å². The van der Waals surface area contributed by atoms with Crippen LogP contribution in [0.5, 0.6) is 0 Å². The van der Waals surface area contributed by atoms with Crippen molar-refractivity contribution in [3.63, 3.8) is 0 Å². The second-order valence-corrected chi connectivity index (χ2v) is 3.64. The Bertz CT molecular complexity index is 334. The maximum atomic E-state index is 11.2. The molecule has 0 saturated carbocycles. The van der Waals surface area contributed by atoms with Gasteiger partial charge in [-0.05, 0) is 38.5 Å². The van der Waals surface area contributed by atoms with Crippen LogP contribution >= 0.6 is 0 Å². The van der Waals surface area contributed by atoms with Crippen LogP contribution in [-0.2, 0) is 0 Å². The number of rotatable bonds is 2. The van der Waals surface area contributed by atoms with Gasteiger partial charge in [-0.15, -0.1) is 0 Å². The first kappa shape index (κ1) is 10.6. The molecule has 0 unspecified atom stereocenters. The van der Waals surface area contributed by atoms with E-state index in [9.17, 15) is 4.79 Å². The van der Waals surface area contributed by atoms with Gasteiger partial charge in [-0.2, -0.15) is 0 Å². The Balaban J connectivity index is 3.05. The van der Waals surface area contributed by atoms with Crippen LogP contribution in [-0.4, -0.2) is 12.1 Å². The summed E-state index contributed by atoms with van der Waals surface area (Å²) in [6.07, 6.45) is 0. The van der Waals surface area contributed by atoms with Gasteiger partial charge in [0, 0.05) is 11.7 Å². The molecule has 0 saturated heterocycles. The third kappa shape index (κ3) is 2.25. The largest absolute Gasteiger partial charge is 0.351 e. The highest BCUT2D eigenvalue weighted by molar-refractivity contribution is 5.91. The maximum absolute atomic E-state index is 11.2. The molecule has 76 valence electrons. The number of amides is 2. The smallest absolute Gasteiger partial charge is 0.319 e. The number of hydrogen-bond donors (Lipinski definition) is 1. The molecule has 0 heterocycles. The van der Waals surface area contributed by atoms with E-state index >= 15 is 0 Å². The van der Waals surface area contributed by atoms with Crippen LogP contribution in [0.3, 0.4) is 0 Å². The van der Waals surface area contributed by atoms with Gasteiger partial charge >= 0.3 is 6.03 Å². The fraction of sp³-hybridized carbons (Fsp3) is 0.364. The minimum Gasteiger partial charge on any atom is -0.351 e. The molecular weight excluding hydrogens is 176 g/mol. The highest BCUT2D eigenvalue weighted by Gasteiger charge is 2.15. The third-order valence-corrected chi connectivity index (χ3v) is 2.03. The van der Waals surface area contributed by atoms with Crippen molar-refractivity contribution in [1.29, 1.82) is 0 Å². The number of carbonyl (C=O) groups is 1. The van der Waals surface area contributed by atoms with E-state index in [1.54, 1.807) is 4.90 Å². The lowest BCUT2D eigenvalue weighted by atomic mass is 10.2. The van der Waals surface area contributed by atoms with Crippen molar-refractivity contribution < 1.29 is 4.79 Å². The molecule has 0 radical (unpaired) electrons. The molecule has 0 aromatic heterocycles. The molecule has 1 rings (SSSR count). The van der Waals surface area contributed by atoms with Crippen molar-refractivity contribution in [3.05, 3.63) is 29.8 Å². The average Bonchev–Trinajstić information content (AvgIpc) is 2.02. The SMILES string of the molecule is Cc1cccc(N(C(N)=O)C(C)C)c1. The van der Waals surface area contributed by atoms with E-state index in [4.69, 9.17) is 5.73 Å². The minimum absolute atomic E-state index is 0.0781. The Hall–Kier alpha value is -1.51. The lowest BCUT2D eigenvalue weighted by Gasteiger charge is -2.24. The lowest BCUT2D eigenvalue weighted by molar-refractivity contribution is 0.252. The highest BCUT2D eigenvalue weighted by atomic mass is 16.2. The van der Waals surface area contributed by atoms with Gasteiger partial charge in [-0.3, -0.25) is 4.90 Å². The zero-order valence-corrected chi connectivity index (χ0v) is 8.82. The molecule has 14 heavy (non-hydrogen) atoms. The van der Waals surface area contributed by atoms with Crippen molar-refractivity contribution >= 4 is 11.7 Å². The predicted octanol–water partition coefficient (Wildman–Crippen LogP) is 2.29. The van der Waals surface area contributed by atoms with Crippen LogP contribution in [0.4, 0.5) is 10.5 Å². The summed E-state index contributed by atoms with van der Waals surface area (Å²) < 4.78 is 0. The molecule has 2 amide bonds. The molecule has 3 nitrogen and oxygen atoms in total. The van der Waals surface area contributed by atoms with Gasteiger partial charge in [-0.25, -0.2) is 4.79 Å². The molecule has 0 aliphatic carbocycles. The van der Waals surface area contributed by atoms with Gasteiger partial charge in [-0.1, -0.05) is 12.1 Å². The molecule has 3 heteroatoms. The topological polar surface area (TPSA) is 46.3 Å². The van der Waals surface area contributed by atoms with Gasteiger partial charge in [0.1, 0.15) is 0 Å². The summed E-state index contributed by atoms with van der Waals surface area (Å²) in [5, 5.41) is 0. The summed E-state index contributed by atoms with van der Waals surface area (Å²) in [4.78, 5) is 12.8. The number of primary amides is 1. The molecule has 1 aromatic carbocycles. The fourth-order valence-electron chi connectivity index (χ4n) is 1.46. The van der Waals surface area contributed by atoms with Crippen molar-refractivity contribution in [2.45, 2.75) is 26.8 Å². The van der Waals surface area contributed by atoms with Crippen molar-refractivity contribution in [1.82, 2.24) is 0 Å². The Morgan fingerprint density at radius 3 is 2.50 bits per heavy atom. The number of anilines is 1. The molecule has 0 spiro atoms. The van der Waals surface area contributed by atoms with Crippen LogP contribution < -0.4 is 10.6 Å². The molecule has 0 aliphatic rings. The first-order chi connectivity index (χ1) is 6.52. The number of urea groups is 1. The lowest BCUT2D eigenvalue weighted by Crippen LogP contribution is -2.40. The molecule has 0 aliphatic heterocycles. The van der Waals surface area contributed by atoms with Gasteiger partial charge in [0.15, 0.2) is 0 Å². The molecule has 0 bridgehead atoms. The molecule has 2 N–H and O–H groups in total. The number of aryl methyl sites for hydroxylation is 1. The summed E-state index contributed by atoms with van der Waals surface area (Å²) in [5.74, 6) is 0. The summed E-state index contributed by atoms with van der Waals surface area (Å²) in [6.45, 7) is 5.86. The van der Waals surface area contributed by atoms with Crippen LogP contribution in [0.1, 0.15) is 19.4 Å². The summed E-state index contributed by atoms with van der Waals surface area (Å²) in [5.41, 5.74) is 7.28. The zero-order valence-electron chi connectivity index (χ0n) is 8.82. The summed E-state index contributed by atoms with van der Waals surface area (Å²) in [7, 11) is 0. The van der Waals surface area contributed by atoms with E-state index in [0.29, 0.717) is 0 Å². The number of nitrogens with two attached hydrogens (primary N) is 1. The number of nitrogens with zero attached hydrogens (tertiary/aromatic N) is 1. The quantitative estimate of drug-likeness (QED) is 0.767. The molecule has 0 fully saturated rings. The summed E-state index contributed by atoms with van der Waals surface area (Å²) in [6, 6.07) is 7.41. The predicted molar refractivity (Wildman–Crippen MR) is 58.4 cm³/mol. The van der Waals surface area contributed by atoms with Crippen LogP contribution in [0.15, 0.2) is 24.3 Å². The molecule has 0 atom stereocenters. The standard InChI is InChI=1S/C11H16N2O/c1-8(2)13(11(12)14)10-6-4-5-9(3)7-10/h4-8H,1-3H3,(H2,12,14). The van der Waals surface area contributed by atoms with E-state index in [0.717, 1.165) is 11.3 Å². The van der Waals surface area contributed by atoms with E-state index in [2.05, 4.69) is 0 Å². The van der Waals surface area contributed by atoms with E-state index in [1.807, 2.05) is 45.0 Å². The van der Waals surface area contributed by atoms with Gasteiger partial charge in [0.25, 0.3) is 0 Å². The first-order valence-corrected chi connectivity index (χ1v) is 4.67. The Morgan fingerprint density at radius 2 is 2.07 bits per heavy atom. The number of carbonyl (C=O) groups excluding carboxylic acids is 1. The van der Waals surface area contributed by atoms with Gasteiger partial charge in [0.2, 0.25) is 0 Å². The maximum Gasteiger partial charge on any atom is 0.319 e. The fourth-order valence-corrected chi connectivity index (χ4v) is 1.46. The summed E-state index contributed by atoms with van der Waals surface area (Å²) >= 11 is 0. The zero-order chi connectivity index (χ0) is 10.7. The number of hydrogen-bond acceptors (Lipinski definition) is 1. The third-order valence-electron chi connectivity index (χ3n) is 2.03. The van der Waals surface area contributed by atoms with Crippen molar-refractivity contribution in [2.24, 2.45) is 5.73 Å². The second kappa shape index (κ2) is 4.13. The monoisotopic (exact) mass is 192 g/mol. The van der Waals surface area contributed by atoms with Crippen LogP contribution in [0, 0.1) is 6.92 Å². The van der Waals surface area contributed by atoms with Crippen LogP contribution in [0.25, 0.3) is 0 Å². The van der Waals surface area contributed by atoms with E-state index < -0.39 is 6.03 Å². The van der Waals surface area contributed by atoms with Crippen molar-refractivity contribution in [2.75, 3.05) is 4.90 Å². The Morgan fingerprint density at radius 1 is 1.43 bits per heavy atom.